The molecule has 1 saturated heterocycles. The number of aliphatic hydroxyl groups excluding tert-OH is 1. The van der Waals surface area contributed by atoms with Crippen LogP contribution < -0.4 is 0 Å². The second-order valence-corrected chi connectivity index (χ2v) is 7.02. The summed E-state index contributed by atoms with van der Waals surface area (Å²) in [4.78, 5) is 4.42. The second-order valence-electron chi connectivity index (χ2n) is 5.08. The van der Waals surface area contributed by atoms with Crippen LogP contribution in [0.15, 0.2) is 39.8 Å². The van der Waals surface area contributed by atoms with Gasteiger partial charge in [-0.15, -0.1) is 0 Å². The highest BCUT2D eigenvalue weighted by Gasteiger charge is 2.31. The van der Waals surface area contributed by atoms with Gasteiger partial charge in [0.25, 0.3) is 0 Å². The summed E-state index contributed by atoms with van der Waals surface area (Å²) < 4.78 is 31.3. The van der Waals surface area contributed by atoms with Crippen molar-refractivity contribution in [3.05, 3.63) is 36.4 Å². The Bertz CT molecular complexity index is 737. The summed E-state index contributed by atoms with van der Waals surface area (Å²) in [5.41, 5.74) is 1.47. The maximum atomic E-state index is 12.4. The van der Waals surface area contributed by atoms with Gasteiger partial charge in [-0.3, -0.25) is 0 Å². The van der Waals surface area contributed by atoms with Crippen LogP contribution in [-0.4, -0.2) is 42.0 Å². The van der Waals surface area contributed by atoms with Crippen LogP contribution in [0.25, 0.3) is 11.3 Å². The van der Waals surface area contributed by atoms with Crippen molar-refractivity contribution in [3.63, 3.8) is 0 Å². The third-order valence-corrected chi connectivity index (χ3v) is 5.41. The summed E-state index contributed by atoms with van der Waals surface area (Å²) in [7, 11) is -3.54. The summed E-state index contributed by atoms with van der Waals surface area (Å²) in [5.74, 6) is 0.563. The Hall–Kier alpha value is -1.70. The molecule has 0 amide bonds. The highest BCUT2D eigenvalue weighted by Crippen LogP contribution is 2.24. The molecular formula is C14H16N2O4S. The lowest BCUT2D eigenvalue weighted by Gasteiger charge is -2.15. The Kier molecular flexibility index (Phi) is 3.56. The smallest absolute Gasteiger partial charge is 0.243 e. The number of aromatic nitrogens is 1. The molecule has 1 aliphatic rings. The zero-order valence-corrected chi connectivity index (χ0v) is 12.4. The van der Waals surface area contributed by atoms with Crippen molar-refractivity contribution in [3.8, 4) is 11.3 Å². The number of rotatable bonds is 3. The molecule has 3 rings (SSSR count). The maximum absolute atomic E-state index is 12.4. The highest BCUT2D eigenvalue weighted by molar-refractivity contribution is 7.89. The lowest BCUT2D eigenvalue weighted by Crippen LogP contribution is -2.29. The molecule has 21 heavy (non-hydrogen) atoms. The van der Waals surface area contributed by atoms with E-state index >= 15 is 0 Å². The van der Waals surface area contributed by atoms with E-state index in [1.54, 1.807) is 31.2 Å². The molecule has 6 nitrogen and oxygen atoms in total. The van der Waals surface area contributed by atoms with E-state index in [0.717, 1.165) is 5.56 Å². The van der Waals surface area contributed by atoms with Gasteiger partial charge in [-0.2, -0.15) is 4.31 Å². The number of aryl methyl sites for hydroxylation is 1. The summed E-state index contributed by atoms with van der Waals surface area (Å²) in [6.07, 6.45) is 1.45. The lowest BCUT2D eigenvalue weighted by molar-refractivity contribution is 0.189. The van der Waals surface area contributed by atoms with Gasteiger partial charge in [-0.1, -0.05) is 12.1 Å². The van der Waals surface area contributed by atoms with Crippen LogP contribution in [0.1, 0.15) is 12.3 Å². The number of benzene rings is 1. The second kappa shape index (κ2) is 5.25. The summed E-state index contributed by atoms with van der Waals surface area (Å²) in [5, 5.41) is 9.48. The molecule has 1 N–H and O–H groups in total. The van der Waals surface area contributed by atoms with Crippen molar-refractivity contribution in [1.29, 1.82) is 0 Å². The first kappa shape index (κ1) is 14.2. The van der Waals surface area contributed by atoms with E-state index < -0.39 is 16.1 Å². The molecule has 0 spiro atoms. The zero-order chi connectivity index (χ0) is 15.0. The van der Waals surface area contributed by atoms with Crippen LogP contribution in [0.5, 0.6) is 0 Å². The summed E-state index contributed by atoms with van der Waals surface area (Å²) in [6, 6.07) is 6.52. The largest absolute Gasteiger partial charge is 0.449 e. The molecule has 1 aliphatic heterocycles. The lowest BCUT2D eigenvalue weighted by atomic mass is 10.2. The first-order chi connectivity index (χ1) is 9.96. The van der Waals surface area contributed by atoms with Crippen LogP contribution in [0.3, 0.4) is 0 Å². The van der Waals surface area contributed by atoms with E-state index in [0.29, 0.717) is 24.6 Å². The van der Waals surface area contributed by atoms with Gasteiger partial charge in [0.05, 0.1) is 11.0 Å². The van der Waals surface area contributed by atoms with Gasteiger partial charge >= 0.3 is 0 Å². The van der Waals surface area contributed by atoms with Crippen molar-refractivity contribution in [2.75, 3.05) is 13.1 Å². The average molecular weight is 308 g/mol. The molecule has 0 saturated carbocycles. The van der Waals surface area contributed by atoms with E-state index in [2.05, 4.69) is 4.98 Å². The fourth-order valence-electron chi connectivity index (χ4n) is 2.37. The number of hydrogen-bond donors (Lipinski definition) is 1. The Morgan fingerprint density at radius 1 is 1.33 bits per heavy atom. The molecule has 0 bridgehead atoms. The molecule has 1 aromatic heterocycles. The van der Waals surface area contributed by atoms with E-state index in [4.69, 9.17) is 4.42 Å². The first-order valence-corrected chi connectivity index (χ1v) is 8.11. The molecule has 7 heteroatoms. The minimum atomic E-state index is -3.54. The number of sulfonamides is 1. The summed E-state index contributed by atoms with van der Waals surface area (Å²) >= 11 is 0. The Morgan fingerprint density at radius 2 is 2.05 bits per heavy atom. The number of aliphatic hydroxyl groups is 1. The molecule has 0 aliphatic carbocycles. The molecule has 2 aromatic rings. The predicted molar refractivity (Wildman–Crippen MR) is 76.1 cm³/mol. The first-order valence-electron chi connectivity index (χ1n) is 6.67. The normalized spacial score (nSPS) is 20.0. The van der Waals surface area contributed by atoms with E-state index in [1.807, 2.05) is 0 Å². The van der Waals surface area contributed by atoms with Gasteiger partial charge in [0.15, 0.2) is 5.89 Å². The fourth-order valence-corrected chi connectivity index (χ4v) is 3.86. The Morgan fingerprint density at radius 3 is 2.57 bits per heavy atom. The third-order valence-electron chi connectivity index (χ3n) is 3.53. The monoisotopic (exact) mass is 308 g/mol. The predicted octanol–water partition coefficient (Wildman–Crippen LogP) is 1.41. The van der Waals surface area contributed by atoms with Crippen molar-refractivity contribution < 1.29 is 17.9 Å². The standard InChI is InChI=1S/C14H16N2O4S/c1-10-15-14(9-20-10)11-2-4-13(5-3-11)21(18,19)16-7-6-12(17)8-16/h2-5,9,12,17H,6-8H2,1H3/t12-/m1/s1. The number of β-amino-alcohol motifs (C(OH)–C–C–N with tert-alkyl or cyclic N) is 1. The quantitative estimate of drug-likeness (QED) is 0.926. The van der Waals surface area contributed by atoms with Gasteiger partial charge in [-0.25, -0.2) is 13.4 Å². The van der Waals surface area contributed by atoms with E-state index in [9.17, 15) is 13.5 Å². The van der Waals surface area contributed by atoms with Gasteiger partial charge in [0, 0.05) is 25.6 Å². The molecule has 1 aromatic carbocycles. The zero-order valence-electron chi connectivity index (χ0n) is 11.6. The van der Waals surface area contributed by atoms with Gasteiger partial charge in [0.1, 0.15) is 12.0 Å². The SMILES string of the molecule is Cc1nc(-c2ccc(S(=O)(=O)N3CC[C@@H](O)C3)cc2)co1. The minimum absolute atomic E-state index is 0.159. The van der Waals surface area contributed by atoms with Crippen LogP contribution in [0, 0.1) is 6.92 Å². The Balaban J connectivity index is 1.87. The van der Waals surface area contributed by atoms with Crippen LogP contribution in [0.4, 0.5) is 0 Å². The van der Waals surface area contributed by atoms with Crippen molar-refractivity contribution >= 4 is 10.0 Å². The molecular weight excluding hydrogens is 292 g/mol. The summed E-state index contributed by atoms with van der Waals surface area (Å²) in [6.45, 7) is 2.27. The highest BCUT2D eigenvalue weighted by atomic mass is 32.2. The molecule has 1 fully saturated rings. The van der Waals surface area contributed by atoms with E-state index in [1.165, 1.54) is 10.6 Å². The minimum Gasteiger partial charge on any atom is -0.449 e. The van der Waals surface area contributed by atoms with Crippen LogP contribution in [0.2, 0.25) is 0 Å². The van der Waals surface area contributed by atoms with Crippen molar-refractivity contribution in [2.45, 2.75) is 24.3 Å². The van der Waals surface area contributed by atoms with Crippen molar-refractivity contribution in [1.82, 2.24) is 9.29 Å². The average Bonchev–Trinajstić information content (AvgIpc) is 3.08. The molecule has 0 unspecified atom stereocenters. The molecule has 0 radical (unpaired) electrons. The Labute approximate surface area is 123 Å². The van der Waals surface area contributed by atoms with Gasteiger partial charge in [-0.05, 0) is 18.6 Å². The van der Waals surface area contributed by atoms with Crippen molar-refractivity contribution in [2.24, 2.45) is 0 Å². The molecule has 1 atom stereocenters. The van der Waals surface area contributed by atoms with Gasteiger partial charge in [0.2, 0.25) is 10.0 Å². The van der Waals surface area contributed by atoms with Crippen LogP contribution >= 0.6 is 0 Å². The number of nitrogens with zero attached hydrogens (tertiary/aromatic N) is 2. The maximum Gasteiger partial charge on any atom is 0.243 e. The topological polar surface area (TPSA) is 83.6 Å². The molecule has 2 heterocycles. The number of oxazole rings is 1. The molecule has 112 valence electrons. The van der Waals surface area contributed by atoms with Gasteiger partial charge < -0.3 is 9.52 Å². The van der Waals surface area contributed by atoms with E-state index in [-0.39, 0.29) is 11.4 Å². The number of hydrogen-bond acceptors (Lipinski definition) is 5. The fraction of sp³-hybridized carbons (Fsp3) is 0.357. The third kappa shape index (κ3) is 2.72. The van der Waals surface area contributed by atoms with Crippen LogP contribution in [-0.2, 0) is 10.0 Å².